The van der Waals surface area contributed by atoms with Gasteiger partial charge in [-0.05, 0) is 40.9 Å². The van der Waals surface area contributed by atoms with E-state index < -0.39 is 0 Å². The molecule has 0 N–H and O–H groups in total. The van der Waals surface area contributed by atoms with Crippen LogP contribution in [0, 0.1) is 11.8 Å². The van der Waals surface area contributed by atoms with Gasteiger partial charge in [-0.2, -0.15) is 0 Å². The highest BCUT2D eigenvalue weighted by molar-refractivity contribution is 5.91. The molecule has 1 saturated heterocycles. The van der Waals surface area contributed by atoms with E-state index in [9.17, 15) is 4.79 Å². The van der Waals surface area contributed by atoms with Gasteiger partial charge in [0.1, 0.15) is 0 Å². The summed E-state index contributed by atoms with van der Waals surface area (Å²) in [5.41, 5.74) is 2.56. The van der Waals surface area contributed by atoms with Gasteiger partial charge in [-0.1, -0.05) is 58.9 Å². The maximum Gasteiger partial charge on any atom is 0.246 e. The van der Waals surface area contributed by atoms with E-state index in [1.54, 1.807) is 6.08 Å². The number of carbonyl (C=O) groups is 1. The number of hydrogen-bond acceptors (Lipinski definition) is 1. The molecule has 0 aromatic heterocycles. The molecule has 0 spiro atoms. The second-order valence-electron chi connectivity index (χ2n) is 7.89. The third kappa shape index (κ3) is 4.46. The molecule has 1 aromatic rings. The van der Waals surface area contributed by atoms with Gasteiger partial charge in [-0.25, -0.2) is 0 Å². The Balaban J connectivity index is 2.00. The lowest BCUT2D eigenvalue weighted by molar-refractivity contribution is -0.128. The minimum atomic E-state index is 0.137. The number of carbonyl (C=O) groups excluding carboxylic acids is 1. The number of amides is 1. The van der Waals surface area contributed by atoms with Crippen LogP contribution in [0.1, 0.15) is 52.2 Å². The summed E-state index contributed by atoms with van der Waals surface area (Å²) in [4.78, 5) is 14.3. The molecule has 0 bridgehead atoms. The second-order valence-corrected chi connectivity index (χ2v) is 7.89. The Labute approximate surface area is 135 Å². The molecule has 1 aliphatic rings. The van der Waals surface area contributed by atoms with Crippen molar-refractivity contribution >= 4 is 12.0 Å². The van der Waals surface area contributed by atoms with Crippen LogP contribution in [0.5, 0.6) is 0 Å². The first-order valence-electron chi connectivity index (χ1n) is 8.33. The maximum absolute atomic E-state index is 12.3. The fraction of sp³-hybridized carbons (Fsp3) is 0.550. The summed E-state index contributed by atoms with van der Waals surface area (Å²) in [5, 5.41) is 0. The first-order chi connectivity index (χ1) is 10.3. The lowest BCUT2D eigenvalue weighted by atomic mass is 9.87. The monoisotopic (exact) mass is 299 g/mol. The zero-order chi connectivity index (χ0) is 16.3. The Morgan fingerprint density at radius 2 is 1.64 bits per heavy atom. The van der Waals surface area contributed by atoms with Gasteiger partial charge in [-0.15, -0.1) is 0 Å². The topological polar surface area (TPSA) is 20.3 Å². The van der Waals surface area contributed by atoms with Crippen molar-refractivity contribution in [2.24, 2.45) is 11.8 Å². The van der Waals surface area contributed by atoms with Crippen LogP contribution in [0.4, 0.5) is 0 Å². The summed E-state index contributed by atoms with van der Waals surface area (Å²) in [6.45, 7) is 12.9. The predicted molar refractivity (Wildman–Crippen MR) is 93.7 cm³/mol. The summed E-state index contributed by atoms with van der Waals surface area (Å²) in [7, 11) is 0. The lowest BCUT2D eigenvalue weighted by Crippen LogP contribution is -2.41. The van der Waals surface area contributed by atoms with Gasteiger partial charge in [0.05, 0.1) is 0 Å². The van der Waals surface area contributed by atoms with Crippen molar-refractivity contribution in [3.8, 4) is 0 Å². The zero-order valence-corrected chi connectivity index (χ0v) is 14.6. The third-order valence-corrected chi connectivity index (χ3v) is 4.38. The van der Waals surface area contributed by atoms with Crippen LogP contribution in [0.2, 0.25) is 0 Å². The molecule has 22 heavy (non-hydrogen) atoms. The summed E-state index contributed by atoms with van der Waals surface area (Å²) in [5.74, 6) is 1.35. The van der Waals surface area contributed by atoms with E-state index >= 15 is 0 Å². The molecule has 2 nitrogen and oxygen atoms in total. The number of likely N-dealkylation sites (tertiary alicyclic amines) is 1. The van der Waals surface area contributed by atoms with Crippen LogP contribution in [0.3, 0.4) is 0 Å². The van der Waals surface area contributed by atoms with Crippen molar-refractivity contribution in [2.45, 2.75) is 46.5 Å². The smallest absolute Gasteiger partial charge is 0.246 e. The summed E-state index contributed by atoms with van der Waals surface area (Å²) in [6.07, 6.45) is 4.87. The number of rotatable bonds is 2. The molecule has 0 saturated carbocycles. The van der Waals surface area contributed by atoms with Crippen LogP contribution in [-0.2, 0) is 10.2 Å². The van der Waals surface area contributed by atoms with Crippen molar-refractivity contribution in [2.75, 3.05) is 13.1 Å². The molecule has 0 radical (unpaired) electrons. The van der Waals surface area contributed by atoms with Crippen LogP contribution in [0.15, 0.2) is 30.3 Å². The molecule has 1 fully saturated rings. The molecule has 0 aliphatic carbocycles. The van der Waals surface area contributed by atoms with E-state index in [-0.39, 0.29) is 11.3 Å². The van der Waals surface area contributed by atoms with E-state index in [0.717, 1.165) is 18.7 Å². The van der Waals surface area contributed by atoms with Crippen molar-refractivity contribution < 1.29 is 4.79 Å². The highest BCUT2D eigenvalue weighted by atomic mass is 16.2. The van der Waals surface area contributed by atoms with Crippen LogP contribution in [0.25, 0.3) is 6.08 Å². The maximum atomic E-state index is 12.3. The molecule has 1 aromatic carbocycles. The lowest BCUT2D eigenvalue weighted by Gasteiger charge is -2.34. The minimum Gasteiger partial charge on any atom is -0.339 e. The van der Waals surface area contributed by atoms with Gasteiger partial charge in [0.15, 0.2) is 0 Å². The molecule has 2 rings (SSSR count). The second kappa shape index (κ2) is 6.68. The van der Waals surface area contributed by atoms with E-state index in [4.69, 9.17) is 0 Å². The van der Waals surface area contributed by atoms with E-state index in [0.29, 0.717) is 11.8 Å². The van der Waals surface area contributed by atoms with Crippen molar-refractivity contribution in [3.63, 3.8) is 0 Å². The zero-order valence-electron chi connectivity index (χ0n) is 14.6. The molecule has 1 heterocycles. The van der Waals surface area contributed by atoms with Gasteiger partial charge < -0.3 is 4.90 Å². The molecular formula is C20H29NO. The Morgan fingerprint density at radius 3 is 2.14 bits per heavy atom. The van der Waals surface area contributed by atoms with Gasteiger partial charge in [0.25, 0.3) is 0 Å². The van der Waals surface area contributed by atoms with E-state index in [1.807, 2.05) is 11.0 Å². The highest BCUT2D eigenvalue weighted by Crippen LogP contribution is 2.23. The summed E-state index contributed by atoms with van der Waals surface area (Å²) in [6, 6.07) is 8.47. The van der Waals surface area contributed by atoms with E-state index in [1.165, 1.54) is 12.0 Å². The standard InChI is InChI=1S/C20H29NO/c1-15-12-16(2)14-21(13-15)19(22)11-8-17-6-9-18(10-7-17)20(3,4)5/h6-11,15-16H,12-14H2,1-5H3. The number of nitrogens with zero attached hydrogens (tertiary/aromatic N) is 1. The molecule has 1 amide bonds. The Bertz CT molecular complexity index is 526. The Morgan fingerprint density at radius 1 is 1.09 bits per heavy atom. The van der Waals surface area contributed by atoms with Crippen molar-refractivity contribution in [1.29, 1.82) is 0 Å². The quantitative estimate of drug-likeness (QED) is 0.736. The number of hydrogen-bond donors (Lipinski definition) is 0. The fourth-order valence-electron chi connectivity index (χ4n) is 3.21. The SMILES string of the molecule is CC1CC(C)CN(C(=O)C=Cc2ccc(C(C)(C)C)cc2)C1. The third-order valence-electron chi connectivity index (χ3n) is 4.38. The normalized spacial score (nSPS) is 23.0. The molecule has 2 heteroatoms. The summed E-state index contributed by atoms with van der Waals surface area (Å²) >= 11 is 0. The van der Waals surface area contributed by atoms with Gasteiger partial charge >= 0.3 is 0 Å². The molecule has 2 unspecified atom stereocenters. The molecule has 120 valence electrons. The number of benzene rings is 1. The first kappa shape index (κ1) is 16.8. The molecular weight excluding hydrogens is 270 g/mol. The van der Waals surface area contributed by atoms with Gasteiger partial charge in [0.2, 0.25) is 5.91 Å². The van der Waals surface area contributed by atoms with Crippen LogP contribution < -0.4 is 0 Å². The minimum absolute atomic E-state index is 0.137. The summed E-state index contributed by atoms with van der Waals surface area (Å²) < 4.78 is 0. The largest absolute Gasteiger partial charge is 0.339 e. The molecule has 1 aliphatic heterocycles. The number of piperidine rings is 1. The predicted octanol–water partition coefficient (Wildman–Crippen LogP) is 4.50. The van der Waals surface area contributed by atoms with Crippen LogP contribution in [-0.4, -0.2) is 23.9 Å². The van der Waals surface area contributed by atoms with Crippen molar-refractivity contribution in [1.82, 2.24) is 4.90 Å². The average molecular weight is 299 g/mol. The highest BCUT2D eigenvalue weighted by Gasteiger charge is 2.23. The average Bonchev–Trinajstić information content (AvgIpc) is 2.43. The van der Waals surface area contributed by atoms with Gasteiger partial charge in [0, 0.05) is 19.2 Å². The fourth-order valence-corrected chi connectivity index (χ4v) is 3.21. The first-order valence-corrected chi connectivity index (χ1v) is 8.33. The van der Waals surface area contributed by atoms with Crippen molar-refractivity contribution in [3.05, 3.63) is 41.5 Å². The van der Waals surface area contributed by atoms with E-state index in [2.05, 4.69) is 58.9 Å². The molecule has 2 atom stereocenters. The Hall–Kier alpha value is -1.57. The van der Waals surface area contributed by atoms with Crippen LogP contribution >= 0.6 is 0 Å². The van der Waals surface area contributed by atoms with Gasteiger partial charge in [-0.3, -0.25) is 4.79 Å². The Kier molecular flexibility index (Phi) is 5.10.